The molecule has 0 bridgehead atoms. The number of aromatic hydroxyl groups is 2. The number of hydrogen-bond donors (Lipinski definition) is 2. The van der Waals surface area contributed by atoms with Gasteiger partial charge in [0, 0.05) is 23.1 Å². The molecule has 0 fully saturated rings. The summed E-state index contributed by atoms with van der Waals surface area (Å²) in [7, 11) is 4.39. The van der Waals surface area contributed by atoms with Gasteiger partial charge >= 0.3 is 5.97 Å². The van der Waals surface area contributed by atoms with E-state index in [2.05, 4.69) is 0 Å². The quantitative estimate of drug-likeness (QED) is 0.239. The Kier molecular flexibility index (Phi) is 5.68. The molecule has 0 radical (unpaired) electrons. The lowest BCUT2D eigenvalue weighted by Crippen LogP contribution is -2.22. The maximum atomic E-state index is 13.1. The fourth-order valence-corrected chi connectivity index (χ4v) is 4.62. The molecule has 0 saturated heterocycles. The van der Waals surface area contributed by atoms with Crippen molar-refractivity contribution in [3.63, 3.8) is 0 Å². The standard InChI is InChI=1S/C27H22O9/c1-32-17-10-9-14(24(33-2)25(17)34-3)15-11-19(29)36-27-20(15)26-21(22(30)23(27)31)16(28)12-18(35-26)13-7-5-4-6-8-13/h4-10,12,15,30-31H,11H2,1-3H3. The number of phenolic OH excluding ortho intramolecular Hbond substituents is 2. The summed E-state index contributed by atoms with van der Waals surface area (Å²) in [6.07, 6.45) is -0.155. The Labute approximate surface area is 205 Å². The van der Waals surface area contributed by atoms with Crippen molar-refractivity contribution in [3.8, 4) is 45.8 Å². The Morgan fingerprint density at radius 2 is 1.61 bits per heavy atom. The van der Waals surface area contributed by atoms with Crippen LogP contribution < -0.4 is 24.4 Å². The monoisotopic (exact) mass is 490 g/mol. The molecule has 0 aliphatic carbocycles. The predicted molar refractivity (Wildman–Crippen MR) is 129 cm³/mol. The van der Waals surface area contributed by atoms with Crippen LogP contribution in [-0.2, 0) is 4.79 Å². The topological polar surface area (TPSA) is 125 Å². The van der Waals surface area contributed by atoms with Gasteiger partial charge < -0.3 is 33.6 Å². The summed E-state index contributed by atoms with van der Waals surface area (Å²) in [5.41, 5.74) is 0.778. The summed E-state index contributed by atoms with van der Waals surface area (Å²) < 4.78 is 28.0. The summed E-state index contributed by atoms with van der Waals surface area (Å²) >= 11 is 0. The molecule has 5 rings (SSSR count). The largest absolute Gasteiger partial charge is 0.504 e. The maximum absolute atomic E-state index is 13.1. The number of carbonyl (C=O) groups is 1. The molecule has 0 amide bonds. The van der Waals surface area contributed by atoms with Gasteiger partial charge in [0.2, 0.25) is 11.5 Å². The third-order valence-electron chi connectivity index (χ3n) is 6.22. The molecule has 184 valence electrons. The van der Waals surface area contributed by atoms with E-state index in [9.17, 15) is 19.8 Å². The highest BCUT2D eigenvalue weighted by Gasteiger charge is 2.38. The first-order valence-electron chi connectivity index (χ1n) is 11.0. The van der Waals surface area contributed by atoms with Gasteiger partial charge in [0.15, 0.2) is 28.4 Å². The van der Waals surface area contributed by atoms with Gasteiger partial charge in [0.25, 0.3) is 0 Å². The van der Waals surface area contributed by atoms with E-state index in [0.717, 1.165) is 0 Å². The normalized spacial score (nSPS) is 14.8. The zero-order chi connectivity index (χ0) is 25.6. The van der Waals surface area contributed by atoms with Crippen LogP contribution in [0.1, 0.15) is 23.5 Å². The SMILES string of the molecule is COc1ccc(C2CC(=O)Oc3c(O)c(O)c4c(=O)cc(-c5ccccc5)oc4c32)c(OC)c1OC. The lowest BCUT2D eigenvalue weighted by molar-refractivity contribution is -0.135. The van der Waals surface area contributed by atoms with Gasteiger partial charge in [-0.05, 0) is 6.07 Å². The van der Waals surface area contributed by atoms with Gasteiger partial charge in [-0.1, -0.05) is 36.4 Å². The third kappa shape index (κ3) is 3.48. The number of ether oxygens (including phenoxy) is 4. The van der Waals surface area contributed by atoms with E-state index >= 15 is 0 Å². The summed E-state index contributed by atoms with van der Waals surface area (Å²) in [5, 5.41) is 21.2. The smallest absolute Gasteiger partial charge is 0.312 e. The number of phenols is 2. The Bertz CT molecular complexity index is 1550. The number of rotatable bonds is 5. The second kappa shape index (κ2) is 8.84. The second-order valence-electron chi connectivity index (χ2n) is 8.14. The molecular formula is C27H22O9. The van der Waals surface area contributed by atoms with Gasteiger partial charge in [0.05, 0.1) is 33.3 Å². The van der Waals surface area contributed by atoms with Crippen LogP contribution in [-0.4, -0.2) is 37.5 Å². The summed E-state index contributed by atoms with van der Waals surface area (Å²) in [6, 6.07) is 13.5. The first-order chi connectivity index (χ1) is 17.4. The molecule has 2 heterocycles. The van der Waals surface area contributed by atoms with Crippen LogP contribution in [0.3, 0.4) is 0 Å². The van der Waals surface area contributed by atoms with E-state index in [1.807, 2.05) is 6.07 Å². The number of esters is 1. The Morgan fingerprint density at radius 3 is 2.28 bits per heavy atom. The summed E-state index contributed by atoms with van der Waals surface area (Å²) in [4.78, 5) is 25.8. The van der Waals surface area contributed by atoms with Crippen molar-refractivity contribution < 1.29 is 38.4 Å². The molecule has 0 saturated carbocycles. The fourth-order valence-electron chi connectivity index (χ4n) is 4.62. The Balaban J connectivity index is 1.88. The molecule has 1 aromatic heterocycles. The highest BCUT2D eigenvalue weighted by atomic mass is 16.5. The molecule has 36 heavy (non-hydrogen) atoms. The first-order valence-corrected chi connectivity index (χ1v) is 11.0. The van der Waals surface area contributed by atoms with Crippen LogP contribution in [0.25, 0.3) is 22.3 Å². The molecular weight excluding hydrogens is 468 g/mol. The molecule has 2 N–H and O–H groups in total. The van der Waals surface area contributed by atoms with E-state index in [-0.39, 0.29) is 34.5 Å². The molecule has 3 aromatic carbocycles. The second-order valence-corrected chi connectivity index (χ2v) is 8.14. The molecule has 1 atom stereocenters. The van der Waals surface area contributed by atoms with Crippen LogP contribution >= 0.6 is 0 Å². The van der Waals surface area contributed by atoms with Crippen molar-refractivity contribution in [2.45, 2.75) is 12.3 Å². The van der Waals surface area contributed by atoms with Gasteiger partial charge in [-0.3, -0.25) is 9.59 Å². The zero-order valence-corrected chi connectivity index (χ0v) is 19.7. The lowest BCUT2D eigenvalue weighted by atomic mass is 9.84. The van der Waals surface area contributed by atoms with Crippen molar-refractivity contribution in [1.29, 1.82) is 0 Å². The van der Waals surface area contributed by atoms with E-state index in [0.29, 0.717) is 28.4 Å². The number of fused-ring (bicyclic) bond motifs is 3. The highest BCUT2D eigenvalue weighted by molar-refractivity contribution is 5.96. The van der Waals surface area contributed by atoms with Crippen molar-refractivity contribution >= 4 is 16.9 Å². The third-order valence-corrected chi connectivity index (χ3v) is 6.22. The predicted octanol–water partition coefficient (Wildman–Crippen LogP) is 4.34. The van der Waals surface area contributed by atoms with E-state index in [1.54, 1.807) is 36.4 Å². The molecule has 1 unspecified atom stereocenters. The Hall–Kier alpha value is -4.66. The minimum absolute atomic E-state index is 0.0130. The van der Waals surface area contributed by atoms with E-state index in [1.165, 1.54) is 27.4 Å². The fraction of sp³-hybridized carbons (Fsp3) is 0.185. The lowest BCUT2D eigenvalue weighted by Gasteiger charge is -2.28. The molecule has 0 spiro atoms. The van der Waals surface area contributed by atoms with Crippen molar-refractivity contribution in [3.05, 3.63) is 69.9 Å². The van der Waals surface area contributed by atoms with Crippen molar-refractivity contribution in [1.82, 2.24) is 0 Å². The minimum Gasteiger partial charge on any atom is -0.504 e. The van der Waals surface area contributed by atoms with Gasteiger partial charge in [-0.15, -0.1) is 0 Å². The maximum Gasteiger partial charge on any atom is 0.312 e. The van der Waals surface area contributed by atoms with Gasteiger partial charge in [0.1, 0.15) is 16.7 Å². The van der Waals surface area contributed by atoms with Crippen molar-refractivity contribution in [2.75, 3.05) is 21.3 Å². The Morgan fingerprint density at radius 1 is 0.889 bits per heavy atom. The van der Waals surface area contributed by atoms with E-state index < -0.39 is 28.8 Å². The molecule has 1 aliphatic heterocycles. The van der Waals surface area contributed by atoms with Gasteiger partial charge in [-0.25, -0.2) is 0 Å². The van der Waals surface area contributed by atoms with Crippen LogP contribution in [0.5, 0.6) is 34.5 Å². The molecule has 4 aromatic rings. The van der Waals surface area contributed by atoms with Crippen LogP contribution in [0, 0.1) is 0 Å². The van der Waals surface area contributed by atoms with Crippen molar-refractivity contribution in [2.24, 2.45) is 0 Å². The minimum atomic E-state index is -0.779. The number of benzene rings is 3. The summed E-state index contributed by atoms with van der Waals surface area (Å²) in [6.45, 7) is 0. The first kappa shape index (κ1) is 23.1. The van der Waals surface area contributed by atoms with Gasteiger partial charge in [-0.2, -0.15) is 0 Å². The van der Waals surface area contributed by atoms with Crippen LogP contribution in [0.2, 0.25) is 0 Å². The van der Waals surface area contributed by atoms with Crippen LogP contribution in [0.4, 0.5) is 0 Å². The number of carbonyl (C=O) groups excluding carboxylic acids is 1. The molecule has 9 heteroatoms. The number of methoxy groups -OCH3 is 3. The summed E-state index contributed by atoms with van der Waals surface area (Å²) in [5.74, 6) is -1.92. The molecule has 9 nitrogen and oxygen atoms in total. The molecule has 1 aliphatic rings. The van der Waals surface area contributed by atoms with E-state index in [4.69, 9.17) is 23.4 Å². The zero-order valence-electron chi connectivity index (χ0n) is 19.7. The number of hydrogen-bond acceptors (Lipinski definition) is 9. The van der Waals surface area contributed by atoms with Crippen LogP contribution in [0.15, 0.2) is 57.7 Å². The average Bonchev–Trinajstić information content (AvgIpc) is 2.90. The average molecular weight is 490 g/mol. The highest BCUT2D eigenvalue weighted by Crippen LogP contribution is 2.54.